The van der Waals surface area contributed by atoms with Crippen molar-refractivity contribution in [1.82, 2.24) is 10.2 Å². The number of rotatable bonds is 15. The van der Waals surface area contributed by atoms with Crippen LogP contribution in [0.5, 0.6) is 17.2 Å². The number of benzene rings is 4. The van der Waals surface area contributed by atoms with Crippen molar-refractivity contribution in [3.8, 4) is 17.2 Å². The molecule has 0 bridgehead atoms. The third-order valence-electron chi connectivity index (χ3n) is 7.19. The molecule has 4 aromatic carbocycles. The molecule has 4 rings (SSSR count). The van der Waals surface area contributed by atoms with Crippen molar-refractivity contribution in [3.05, 3.63) is 114 Å². The monoisotopic (exact) mass is 667 g/mol. The van der Waals surface area contributed by atoms with E-state index < -0.39 is 46.1 Å². The lowest BCUT2D eigenvalue weighted by Crippen LogP contribution is -2.49. The van der Waals surface area contributed by atoms with E-state index in [2.05, 4.69) is 10.0 Å². The summed E-state index contributed by atoms with van der Waals surface area (Å²) in [5.41, 5.74) is 1.71. The Morgan fingerprint density at radius 3 is 2.02 bits per heavy atom. The molecule has 1 atom stereocenters. The Morgan fingerprint density at radius 2 is 1.40 bits per heavy atom. The summed E-state index contributed by atoms with van der Waals surface area (Å²) >= 11 is 0. The van der Waals surface area contributed by atoms with Crippen LogP contribution < -0.4 is 24.2 Å². The summed E-state index contributed by atoms with van der Waals surface area (Å²) in [4.78, 5) is 27.8. The van der Waals surface area contributed by atoms with E-state index in [4.69, 9.17) is 14.2 Å². The second-order valence-electron chi connectivity index (χ2n) is 10.4. The van der Waals surface area contributed by atoms with Crippen molar-refractivity contribution in [2.75, 3.05) is 32.1 Å². The maximum Gasteiger partial charge on any atom is 0.261 e. The zero-order valence-corrected chi connectivity index (χ0v) is 26.9. The Balaban J connectivity index is 1.39. The highest BCUT2D eigenvalue weighted by Crippen LogP contribution is 2.27. The first-order chi connectivity index (χ1) is 22.5. The van der Waals surface area contributed by atoms with Gasteiger partial charge in [-0.15, -0.1) is 0 Å². The summed E-state index contributed by atoms with van der Waals surface area (Å²) < 4.78 is 70.7. The number of nitrogens with one attached hydrogen (secondary N) is 2. The Bertz CT molecular complexity index is 1770. The van der Waals surface area contributed by atoms with Gasteiger partial charge in [-0.25, -0.2) is 17.2 Å². The molecular weight excluding hydrogens is 632 g/mol. The number of carbonyl (C=O) groups is 2. The van der Waals surface area contributed by atoms with Crippen LogP contribution in [0.1, 0.15) is 18.1 Å². The SMILES string of the molecule is COc1ccc(CCNC(=O)[C@H](C)N(Cc2ccc(F)cc2)C(=O)COc2ccc(S(=O)(=O)Nc3ccc(F)cc3)cc2)cc1OC. The van der Waals surface area contributed by atoms with Crippen LogP contribution in [-0.2, 0) is 32.6 Å². The normalized spacial score (nSPS) is 11.7. The molecule has 47 heavy (non-hydrogen) atoms. The smallest absolute Gasteiger partial charge is 0.261 e. The summed E-state index contributed by atoms with van der Waals surface area (Å²) in [6, 6.07) is 20.4. The van der Waals surface area contributed by atoms with E-state index in [1.165, 1.54) is 72.7 Å². The van der Waals surface area contributed by atoms with E-state index in [-0.39, 0.29) is 22.9 Å². The lowest BCUT2D eigenvalue weighted by molar-refractivity contribution is -0.142. The fourth-order valence-corrected chi connectivity index (χ4v) is 5.62. The third kappa shape index (κ3) is 9.66. The molecule has 0 fully saturated rings. The number of carbonyl (C=O) groups excluding carboxylic acids is 2. The van der Waals surface area contributed by atoms with Gasteiger partial charge >= 0.3 is 0 Å². The number of hydrogen-bond acceptors (Lipinski definition) is 7. The highest BCUT2D eigenvalue weighted by atomic mass is 32.2. The van der Waals surface area contributed by atoms with E-state index in [0.717, 1.165) is 17.7 Å². The Kier molecular flexibility index (Phi) is 11.7. The van der Waals surface area contributed by atoms with Crippen LogP contribution in [0.4, 0.5) is 14.5 Å². The van der Waals surface area contributed by atoms with Gasteiger partial charge in [-0.3, -0.25) is 14.3 Å². The summed E-state index contributed by atoms with van der Waals surface area (Å²) in [5, 5.41) is 2.85. The zero-order chi connectivity index (χ0) is 34.0. The fourth-order valence-electron chi connectivity index (χ4n) is 4.56. The molecule has 0 unspecified atom stereocenters. The van der Waals surface area contributed by atoms with E-state index in [9.17, 15) is 26.8 Å². The second-order valence-corrected chi connectivity index (χ2v) is 12.1. The lowest BCUT2D eigenvalue weighted by Gasteiger charge is -2.28. The molecule has 13 heteroatoms. The van der Waals surface area contributed by atoms with Gasteiger partial charge in [0.2, 0.25) is 5.91 Å². The number of nitrogens with zero attached hydrogens (tertiary/aromatic N) is 1. The fraction of sp³-hybridized carbons (Fsp3) is 0.235. The zero-order valence-electron chi connectivity index (χ0n) is 26.0. The van der Waals surface area contributed by atoms with Gasteiger partial charge in [0.05, 0.1) is 19.1 Å². The first-order valence-electron chi connectivity index (χ1n) is 14.5. The predicted molar refractivity (Wildman–Crippen MR) is 172 cm³/mol. The molecule has 0 aromatic heterocycles. The summed E-state index contributed by atoms with van der Waals surface area (Å²) in [6.07, 6.45) is 0.499. The summed E-state index contributed by atoms with van der Waals surface area (Å²) in [7, 11) is -0.882. The van der Waals surface area contributed by atoms with Gasteiger partial charge in [-0.05, 0) is 97.3 Å². The minimum Gasteiger partial charge on any atom is -0.493 e. The molecule has 0 heterocycles. The number of halogens is 2. The first kappa shape index (κ1) is 34.7. The molecule has 0 spiro atoms. The van der Waals surface area contributed by atoms with Gasteiger partial charge < -0.3 is 24.4 Å². The van der Waals surface area contributed by atoms with Crippen LogP contribution in [0.15, 0.2) is 95.9 Å². The molecule has 248 valence electrons. The topological polar surface area (TPSA) is 123 Å². The van der Waals surface area contributed by atoms with Crippen molar-refractivity contribution < 1.29 is 41.0 Å². The Hall–Kier alpha value is -5.17. The van der Waals surface area contributed by atoms with Crippen LogP contribution in [-0.4, -0.2) is 58.5 Å². The Labute approximate surface area is 272 Å². The number of anilines is 1. The van der Waals surface area contributed by atoms with Gasteiger partial charge in [0.1, 0.15) is 23.4 Å². The molecule has 0 aliphatic heterocycles. The highest BCUT2D eigenvalue weighted by molar-refractivity contribution is 7.92. The lowest BCUT2D eigenvalue weighted by atomic mass is 10.1. The van der Waals surface area contributed by atoms with Crippen LogP contribution in [0, 0.1) is 11.6 Å². The van der Waals surface area contributed by atoms with Crippen molar-refractivity contribution in [2.45, 2.75) is 30.8 Å². The first-order valence-corrected chi connectivity index (χ1v) is 16.0. The molecule has 0 saturated carbocycles. The molecule has 2 amide bonds. The molecule has 4 aromatic rings. The molecule has 0 saturated heterocycles. The molecule has 0 radical (unpaired) electrons. The summed E-state index contributed by atoms with van der Waals surface area (Å²) in [6.45, 7) is 1.43. The Morgan fingerprint density at radius 1 is 0.809 bits per heavy atom. The number of methoxy groups -OCH3 is 2. The third-order valence-corrected chi connectivity index (χ3v) is 8.58. The van der Waals surface area contributed by atoms with Crippen LogP contribution in [0.25, 0.3) is 0 Å². The van der Waals surface area contributed by atoms with Gasteiger partial charge in [0, 0.05) is 18.8 Å². The number of sulfonamides is 1. The summed E-state index contributed by atoms with van der Waals surface area (Å²) in [5.74, 6) is -0.483. The van der Waals surface area contributed by atoms with E-state index in [1.54, 1.807) is 20.1 Å². The molecular formula is C34H35F2N3O7S. The van der Waals surface area contributed by atoms with E-state index in [1.807, 2.05) is 12.1 Å². The highest BCUT2D eigenvalue weighted by Gasteiger charge is 2.26. The van der Waals surface area contributed by atoms with Crippen LogP contribution >= 0.6 is 0 Å². The van der Waals surface area contributed by atoms with E-state index in [0.29, 0.717) is 30.0 Å². The predicted octanol–water partition coefficient (Wildman–Crippen LogP) is 4.94. The number of ether oxygens (including phenoxy) is 3. The van der Waals surface area contributed by atoms with Gasteiger partial charge in [-0.1, -0.05) is 18.2 Å². The van der Waals surface area contributed by atoms with Gasteiger partial charge in [0.15, 0.2) is 18.1 Å². The maximum absolute atomic E-state index is 13.5. The second kappa shape index (κ2) is 15.9. The van der Waals surface area contributed by atoms with Gasteiger partial charge in [0.25, 0.3) is 15.9 Å². The minimum absolute atomic E-state index is 0.0129. The minimum atomic E-state index is -3.96. The van der Waals surface area contributed by atoms with Crippen molar-refractivity contribution in [1.29, 1.82) is 0 Å². The quantitative estimate of drug-likeness (QED) is 0.184. The van der Waals surface area contributed by atoms with Crippen molar-refractivity contribution >= 4 is 27.5 Å². The molecule has 10 nitrogen and oxygen atoms in total. The molecule has 0 aliphatic carbocycles. The standard InChI is InChI=1S/C34H35F2N3O7S/c1-23(34(41)37-19-18-24-6-17-31(44-2)32(20-24)45-3)39(21-25-4-7-26(35)8-5-25)33(40)22-46-29-13-15-30(16-14-29)47(42,43)38-28-11-9-27(36)10-12-28/h4-17,20,23,38H,18-19,21-22H2,1-3H3,(H,37,41)/t23-/m0/s1. The van der Waals surface area contributed by atoms with Gasteiger partial charge in [-0.2, -0.15) is 0 Å². The number of amides is 2. The van der Waals surface area contributed by atoms with E-state index >= 15 is 0 Å². The van der Waals surface area contributed by atoms with Crippen LogP contribution in [0.3, 0.4) is 0 Å². The number of hydrogen-bond donors (Lipinski definition) is 2. The van der Waals surface area contributed by atoms with Crippen molar-refractivity contribution in [2.24, 2.45) is 0 Å². The van der Waals surface area contributed by atoms with Crippen molar-refractivity contribution in [3.63, 3.8) is 0 Å². The van der Waals surface area contributed by atoms with Crippen LogP contribution in [0.2, 0.25) is 0 Å². The average Bonchev–Trinajstić information content (AvgIpc) is 3.07. The average molecular weight is 668 g/mol. The molecule has 0 aliphatic rings. The largest absolute Gasteiger partial charge is 0.493 e. The maximum atomic E-state index is 13.5. The molecule has 2 N–H and O–H groups in total.